The molecule has 0 saturated heterocycles. The van der Waals surface area contributed by atoms with Gasteiger partial charge < -0.3 is 25.0 Å². The van der Waals surface area contributed by atoms with Crippen molar-refractivity contribution in [2.24, 2.45) is 0 Å². The van der Waals surface area contributed by atoms with Gasteiger partial charge in [0.1, 0.15) is 17.3 Å². The van der Waals surface area contributed by atoms with Crippen LogP contribution < -0.4 is 20.1 Å². The molecule has 2 N–H and O–H groups in total. The number of amides is 3. The predicted molar refractivity (Wildman–Crippen MR) is 133 cm³/mol. The Balaban J connectivity index is 1.60. The molecule has 0 unspecified atom stereocenters. The number of anilines is 1. The maximum absolute atomic E-state index is 13.3. The van der Waals surface area contributed by atoms with E-state index in [0.717, 1.165) is 5.56 Å². The van der Waals surface area contributed by atoms with Gasteiger partial charge in [-0.15, -0.1) is 0 Å². The molecule has 0 aromatic heterocycles. The van der Waals surface area contributed by atoms with Crippen molar-refractivity contribution in [1.82, 2.24) is 10.2 Å². The van der Waals surface area contributed by atoms with E-state index in [4.69, 9.17) is 9.47 Å². The minimum atomic E-state index is -0.495. The van der Waals surface area contributed by atoms with Crippen molar-refractivity contribution in [3.05, 3.63) is 89.7 Å². The third kappa shape index (κ3) is 8.12. The van der Waals surface area contributed by atoms with E-state index in [1.54, 1.807) is 74.9 Å². The summed E-state index contributed by atoms with van der Waals surface area (Å²) in [4.78, 5) is 39.3. The Labute approximate surface area is 209 Å². The number of rotatable bonds is 11. The van der Waals surface area contributed by atoms with Crippen molar-refractivity contribution in [3.8, 4) is 11.5 Å². The monoisotopic (exact) mass is 493 g/mol. The second-order valence-corrected chi connectivity index (χ2v) is 7.95. The lowest BCUT2D eigenvalue weighted by Gasteiger charge is -2.22. The number of benzene rings is 3. The fourth-order valence-corrected chi connectivity index (χ4v) is 3.36. The van der Waals surface area contributed by atoms with Gasteiger partial charge >= 0.3 is 0 Å². The van der Waals surface area contributed by atoms with Crippen LogP contribution in [0.1, 0.15) is 11.1 Å². The summed E-state index contributed by atoms with van der Waals surface area (Å²) >= 11 is 0. The predicted octanol–water partition coefficient (Wildman–Crippen LogP) is 3.17. The van der Waals surface area contributed by atoms with Gasteiger partial charge in [-0.3, -0.25) is 14.4 Å². The van der Waals surface area contributed by atoms with Gasteiger partial charge in [-0.2, -0.15) is 0 Å². The summed E-state index contributed by atoms with van der Waals surface area (Å²) in [6.45, 7) is -0.412. The lowest BCUT2D eigenvalue weighted by Crippen LogP contribution is -2.43. The Hall–Kier alpha value is -4.40. The molecule has 3 aromatic rings. The molecule has 0 atom stereocenters. The van der Waals surface area contributed by atoms with Crippen LogP contribution in [0, 0.1) is 5.82 Å². The number of methoxy groups -OCH3 is 2. The lowest BCUT2D eigenvalue weighted by atomic mass is 10.1. The zero-order valence-corrected chi connectivity index (χ0v) is 20.1. The zero-order valence-electron chi connectivity index (χ0n) is 20.1. The van der Waals surface area contributed by atoms with E-state index in [1.807, 2.05) is 0 Å². The smallest absolute Gasteiger partial charge is 0.243 e. The number of nitrogens with zero attached hydrogens (tertiary/aromatic N) is 1. The summed E-state index contributed by atoms with van der Waals surface area (Å²) in [7, 11) is 3.10. The quantitative estimate of drug-likeness (QED) is 0.428. The molecule has 0 aliphatic rings. The first-order chi connectivity index (χ1) is 17.4. The maximum atomic E-state index is 13.3. The summed E-state index contributed by atoms with van der Waals surface area (Å²) in [5.74, 6) is -0.269. The van der Waals surface area contributed by atoms with E-state index in [1.165, 1.54) is 17.0 Å². The highest BCUT2D eigenvalue weighted by Gasteiger charge is 2.19. The topological polar surface area (TPSA) is 97.0 Å². The second-order valence-electron chi connectivity index (χ2n) is 7.95. The van der Waals surface area contributed by atoms with Gasteiger partial charge in [0, 0.05) is 12.2 Å². The molecule has 0 radical (unpaired) electrons. The normalized spacial score (nSPS) is 10.3. The molecule has 0 bridgehead atoms. The SMILES string of the molecule is COc1ccc(CC(=O)N(CC(=O)NCC(=O)Nc2ccc(OC)cc2)Cc2ccc(F)cc2)cc1. The van der Waals surface area contributed by atoms with Crippen LogP contribution in [0.4, 0.5) is 10.1 Å². The third-order valence-electron chi connectivity index (χ3n) is 5.31. The van der Waals surface area contributed by atoms with Gasteiger partial charge in [-0.1, -0.05) is 24.3 Å². The van der Waals surface area contributed by atoms with Crippen LogP contribution >= 0.6 is 0 Å². The Bertz CT molecular complexity index is 1170. The average molecular weight is 494 g/mol. The van der Waals surface area contributed by atoms with Gasteiger partial charge in [0.2, 0.25) is 17.7 Å². The van der Waals surface area contributed by atoms with Crippen molar-refractivity contribution in [2.45, 2.75) is 13.0 Å². The lowest BCUT2D eigenvalue weighted by molar-refractivity contribution is -0.136. The number of halogens is 1. The van der Waals surface area contributed by atoms with E-state index in [-0.39, 0.29) is 32.0 Å². The molecule has 0 spiro atoms. The van der Waals surface area contributed by atoms with Crippen molar-refractivity contribution in [2.75, 3.05) is 32.6 Å². The molecule has 3 rings (SSSR count). The van der Waals surface area contributed by atoms with E-state index >= 15 is 0 Å². The molecule has 0 aliphatic heterocycles. The van der Waals surface area contributed by atoms with Crippen molar-refractivity contribution >= 4 is 23.4 Å². The van der Waals surface area contributed by atoms with Crippen LogP contribution in [0.15, 0.2) is 72.8 Å². The van der Waals surface area contributed by atoms with Crippen molar-refractivity contribution < 1.29 is 28.2 Å². The summed E-state index contributed by atoms with van der Waals surface area (Å²) in [5.41, 5.74) is 1.98. The number of hydrogen-bond acceptors (Lipinski definition) is 5. The summed E-state index contributed by atoms with van der Waals surface area (Å²) in [6.07, 6.45) is 0.0659. The van der Waals surface area contributed by atoms with Gasteiger partial charge in [-0.05, 0) is 59.7 Å². The van der Waals surface area contributed by atoms with Gasteiger partial charge in [0.15, 0.2) is 0 Å². The van der Waals surface area contributed by atoms with Crippen LogP contribution in [-0.2, 0) is 27.3 Å². The molecule has 188 valence electrons. The molecule has 3 amide bonds. The molecule has 36 heavy (non-hydrogen) atoms. The van der Waals surface area contributed by atoms with Crippen LogP contribution in [0.25, 0.3) is 0 Å². The molecular formula is C27H28FN3O5. The first kappa shape index (κ1) is 26.2. The summed E-state index contributed by atoms with van der Waals surface area (Å²) < 4.78 is 23.5. The van der Waals surface area contributed by atoms with Gasteiger partial charge in [0.05, 0.1) is 33.7 Å². The maximum Gasteiger partial charge on any atom is 0.243 e. The highest BCUT2D eigenvalue weighted by molar-refractivity contribution is 5.95. The Morgan fingerprint density at radius 1 is 0.778 bits per heavy atom. The first-order valence-corrected chi connectivity index (χ1v) is 11.2. The standard InChI is InChI=1S/C27H28FN3O5/c1-35-23-11-5-19(6-12-23)15-27(34)31(17-20-3-7-21(28)8-4-20)18-26(33)29-16-25(32)30-22-9-13-24(36-2)14-10-22/h3-14H,15-18H2,1-2H3,(H,29,33)(H,30,32). The fourth-order valence-electron chi connectivity index (χ4n) is 3.36. The Morgan fingerprint density at radius 3 is 1.92 bits per heavy atom. The van der Waals surface area contributed by atoms with Crippen molar-refractivity contribution in [3.63, 3.8) is 0 Å². The minimum absolute atomic E-state index is 0.0659. The molecule has 9 heteroatoms. The van der Waals surface area contributed by atoms with E-state index in [2.05, 4.69) is 10.6 Å². The largest absolute Gasteiger partial charge is 0.497 e. The number of carbonyl (C=O) groups excluding carboxylic acids is 3. The molecule has 0 aliphatic carbocycles. The molecule has 0 fully saturated rings. The summed E-state index contributed by atoms with van der Waals surface area (Å²) in [5, 5.41) is 5.21. The fraction of sp³-hybridized carbons (Fsp3) is 0.222. The van der Waals surface area contributed by atoms with Crippen LogP contribution in [0.5, 0.6) is 11.5 Å². The van der Waals surface area contributed by atoms with Gasteiger partial charge in [0.25, 0.3) is 0 Å². The molecule has 0 saturated carbocycles. The molecule has 0 heterocycles. The molecular weight excluding hydrogens is 465 g/mol. The minimum Gasteiger partial charge on any atom is -0.497 e. The van der Waals surface area contributed by atoms with E-state index in [0.29, 0.717) is 22.7 Å². The van der Waals surface area contributed by atoms with E-state index < -0.39 is 17.6 Å². The highest BCUT2D eigenvalue weighted by Crippen LogP contribution is 2.15. The zero-order chi connectivity index (χ0) is 25.9. The second kappa shape index (κ2) is 12.9. The van der Waals surface area contributed by atoms with E-state index in [9.17, 15) is 18.8 Å². The number of ether oxygens (including phenoxy) is 2. The first-order valence-electron chi connectivity index (χ1n) is 11.2. The van der Waals surface area contributed by atoms with Crippen LogP contribution in [-0.4, -0.2) is 49.9 Å². The third-order valence-corrected chi connectivity index (χ3v) is 5.31. The van der Waals surface area contributed by atoms with Crippen LogP contribution in [0.2, 0.25) is 0 Å². The Kier molecular flexibility index (Phi) is 9.39. The highest BCUT2D eigenvalue weighted by atomic mass is 19.1. The number of nitrogens with one attached hydrogen (secondary N) is 2. The van der Waals surface area contributed by atoms with Gasteiger partial charge in [-0.25, -0.2) is 4.39 Å². The Morgan fingerprint density at radius 2 is 1.33 bits per heavy atom. The average Bonchev–Trinajstić information content (AvgIpc) is 2.89. The number of hydrogen-bond donors (Lipinski definition) is 2. The molecule has 8 nitrogen and oxygen atoms in total. The van der Waals surface area contributed by atoms with Crippen LogP contribution in [0.3, 0.4) is 0 Å². The number of carbonyl (C=O) groups is 3. The summed E-state index contributed by atoms with van der Waals surface area (Å²) in [6, 6.07) is 19.5. The van der Waals surface area contributed by atoms with Crippen molar-refractivity contribution in [1.29, 1.82) is 0 Å². The molecule has 3 aromatic carbocycles.